The molecule has 0 radical (unpaired) electrons. The zero-order chi connectivity index (χ0) is 10.9. The minimum atomic E-state index is 0.441. The van der Waals surface area contributed by atoms with Crippen molar-refractivity contribution in [2.45, 2.75) is 12.8 Å². The molecule has 1 unspecified atom stereocenters. The average molecular weight is 269 g/mol. The highest BCUT2D eigenvalue weighted by molar-refractivity contribution is 9.09. The Morgan fingerprint density at radius 1 is 1.33 bits per heavy atom. The molecule has 1 nitrogen and oxygen atoms in total. The Morgan fingerprint density at radius 3 is 2.67 bits per heavy atom. The second-order valence-corrected chi connectivity index (χ2v) is 4.02. The molecule has 1 rings (SSSR count). The molecule has 0 N–H and O–H groups in total. The fourth-order valence-electron chi connectivity index (χ4n) is 1.33. The van der Waals surface area contributed by atoms with E-state index in [1.165, 1.54) is 5.56 Å². The summed E-state index contributed by atoms with van der Waals surface area (Å²) >= 11 is 3.52. The van der Waals surface area contributed by atoms with Crippen LogP contribution in [-0.4, -0.2) is 18.5 Å². The van der Waals surface area contributed by atoms with Gasteiger partial charge in [-0.15, -0.1) is 0 Å². The van der Waals surface area contributed by atoms with Crippen molar-refractivity contribution in [1.29, 1.82) is 0 Å². The Balaban J connectivity index is 2.43. The van der Waals surface area contributed by atoms with Crippen molar-refractivity contribution in [3.63, 3.8) is 0 Å². The number of rotatable bonds is 6. The smallest absolute Gasteiger partial charge is 0.0647 e. The Hall–Kier alpha value is -0.600. The summed E-state index contributed by atoms with van der Waals surface area (Å²) in [5.41, 5.74) is 1.33. The van der Waals surface area contributed by atoms with Gasteiger partial charge in [0.05, 0.1) is 13.2 Å². The van der Waals surface area contributed by atoms with E-state index in [0.29, 0.717) is 12.5 Å². The van der Waals surface area contributed by atoms with Crippen LogP contribution in [0.15, 0.2) is 42.5 Å². The molecule has 0 saturated heterocycles. The summed E-state index contributed by atoms with van der Waals surface area (Å²) < 4.78 is 5.56. The van der Waals surface area contributed by atoms with Crippen LogP contribution in [0.1, 0.15) is 18.4 Å². The molecule has 0 aromatic heterocycles. The van der Waals surface area contributed by atoms with E-state index in [2.05, 4.69) is 40.2 Å². The summed E-state index contributed by atoms with van der Waals surface area (Å²) in [6, 6.07) is 10.5. The van der Waals surface area contributed by atoms with Gasteiger partial charge in [0, 0.05) is 11.2 Å². The van der Waals surface area contributed by atoms with E-state index in [1.54, 1.807) is 0 Å². The van der Waals surface area contributed by atoms with Crippen molar-refractivity contribution in [2.24, 2.45) is 0 Å². The monoisotopic (exact) mass is 268 g/mol. The van der Waals surface area contributed by atoms with Crippen molar-refractivity contribution >= 4 is 15.9 Å². The molecule has 0 spiro atoms. The summed E-state index contributed by atoms with van der Waals surface area (Å²) in [5.74, 6) is 0.441. The molecule has 1 aromatic carbocycles. The van der Waals surface area contributed by atoms with Crippen LogP contribution in [0, 0.1) is 0 Å². The molecule has 82 valence electrons. The van der Waals surface area contributed by atoms with Crippen LogP contribution in [0.4, 0.5) is 0 Å². The lowest BCUT2D eigenvalue weighted by Gasteiger charge is -2.13. The molecular formula is C13H17BrO. The van der Waals surface area contributed by atoms with E-state index in [9.17, 15) is 0 Å². The van der Waals surface area contributed by atoms with Gasteiger partial charge in [0.25, 0.3) is 0 Å². The highest BCUT2D eigenvalue weighted by Crippen LogP contribution is 2.18. The molecule has 1 aromatic rings. The second kappa shape index (κ2) is 7.66. The normalized spacial score (nSPS) is 13.2. The van der Waals surface area contributed by atoms with Gasteiger partial charge < -0.3 is 4.74 Å². The average Bonchev–Trinajstić information content (AvgIpc) is 2.30. The Bertz CT molecular complexity index is 282. The van der Waals surface area contributed by atoms with E-state index in [0.717, 1.165) is 11.9 Å². The zero-order valence-electron chi connectivity index (χ0n) is 9.03. The molecule has 2 heteroatoms. The molecule has 0 aliphatic carbocycles. The van der Waals surface area contributed by atoms with Crippen molar-refractivity contribution in [2.75, 3.05) is 18.5 Å². The second-order valence-electron chi connectivity index (χ2n) is 3.37. The Morgan fingerprint density at radius 2 is 2.07 bits per heavy atom. The number of hydrogen-bond donors (Lipinski definition) is 0. The number of ether oxygens (including phenoxy) is 1. The van der Waals surface area contributed by atoms with Crippen LogP contribution in [0.3, 0.4) is 0 Å². The first-order chi connectivity index (χ1) is 7.38. The third-order valence-corrected chi connectivity index (χ3v) is 3.01. The van der Waals surface area contributed by atoms with Gasteiger partial charge in [0.2, 0.25) is 0 Å². The molecule has 0 aliphatic heterocycles. The summed E-state index contributed by atoms with van der Waals surface area (Å²) in [5, 5.41) is 0.937. The van der Waals surface area contributed by atoms with Crippen LogP contribution in [0.5, 0.6) is 0 Å². The van der Waals surface area contributed by atoms with E-state index in [4.69, 9.17) is 4.74 Å². The molecule has 0 heterocycles. The third-order valence-electron chi connectivity index (χ3n) is 2.23. The number of hydrogen-bond acceptors (Lipinski definition) is 1. The van der Waals surface area contributed by atoms with E-state index in [-0.39, 0.29) is 0 Å². The van der Waals surface area contributed by atoms with Gasteiger partial charge in [-0.1, -0.05) is 58.4 Å². The van der Waals surface area contributed by atoms with Gasteiger partial charge in [-0.3, -0.25) is 0 Å². The summed E-state index contributed by atoms with van der Waals surface area (Å²) in [4.78, 5) is 0. The summed E-state index contributed by atoms with van der Waals surface area (Å²) in [6.45, 7) is 3.47. The van der Waals surface area contributed by atoms with Crippen LogP contribution in [0.25, 0.3) is 0 Å². The van der Waals surface area contributed by atoms with Crippen LogP contribution < -0.4 is 0 Å². The van der Waals surface area contributed by atoms with Crippen LogP contribution in [0.2, 0.25) is 0 Å². The lowest BCUT2D eigenvalue weighted by molar-refractivity contribution is 0.151. The highest BCUT2D eigenvalue weighted by Gasteiger charge is 2.08. The highest BCUT2D eigenvalue weighted by atomic mass is 79.9. The molecule has 15 heavy (non-hydrogen) atoms. The van der Waals surface area contributed by atoms with Gasteiger partial charge in [-0.05, 0) is 12.5 Å². The van der Waals surface area contributed by atoms with Crippen LogP contribution >= 0.6 is 15.9 Å². The zero-order valence-corrected chi connectivity index (χ0v) is 10.6. The molecule has 0 aliphatic rings. The number of benzene rings is 1. The SMILES string of the molecule is CC=CCOCC(CBr)c1ccccc1. The minimum Gasteiger partial charge on any atom is -0.377 e. The lowest BCUT2D eigenvalue weighted by Crippen LogP contribution is -2.09. The molecule has 0 saturated carbocycles. The molecule has 0 amide bonds. The minimum absolute atomic E-state index is 0.441. The van der Waals surface area contributed by atoms with E-state index >= 15 is 0 Å². The van der Waals surface area contributed by atoms with Gasteiger partial charge in [-0.25, -0.2) is 0 Å². The fraction of sp³-hybridized carbons (Fsp3) is 0.385. The van der Waals surface area contributed by atoms with Gasteiger partial charge in [-0.2, -0.15) is 0 Å². The largest absolute Gasteiger partial charge is 0.377 e. The molecule has 1 atom stereocenters. The maximum Gasteiger partial charge on any atom is 0.0647 e. The van der Waals surface area contributed by atoms with Crippen molar-refractivity contribution in [1.82, 2.24) is 0 Å². The van der Waals surface area contributed by atoms with Crippen molar-refractivity contribution in [3.05, 3.63) is 48.0 Å². The van der Waals surface area contributed by atoms with Gasteiger partial charge in [0.15, 0.2) is 0 Å². The number of alkyl halides is 1. The maximum absolute atomic E-state index is 5.56. The predicted molar refractivity (Wildman–Crippen MR) is 68.6 cm³/mol. The fourth-order valence-corrected chi connectivity index (χ4v) is 1.89. The molecular weight excluding hydrogens is 252 g/mol. The standard InChI is InChI=1S/C13H17BrO/c1-2-3-9-15-11-13(10-14)12-7-5-4-6-8-12/h2-8,13H,9-11H2,1H3. The molecule has 0 bridgehead atoms. The summed E-state index contributed by atoms with van der Waals surface area (Å²) in [6.07, 6.45) is 4.03. The number of allylic oxidation sites excluding steroid dienone is 1. The quantitative estimate of drug-likeness (QED) is 0.434. The Kier molecular flexibility index (Phi) is 6.37. The van der Waals surface area contributed by atoms with Crippen molar-refractivity contribution in [3.8, 4) is 0 Å². The van der Waals surface area contributed by atoms with E-state index in [1.807, 2.05) is 25.1 Å². The first-order valence-electron chi connectivity index (χ1n) is 5.18. The van der Waals surface area contributed by atoms with Crippen LogP contribution in [-0.2, 0) is 4.74 Å². The predicted octanol–water partition coefficient (Wildman–Crippen LogP) is 3.76. The number of halogens is 1. The van der Waals surface area contributed by atoms with E-state index < -0.39 is 0 Å². The van der Waals surface area contributed by atoms with Crippen molar-refractivity contribution < 1.29 is 4.74 Å². The third kappa shape index (κ3) is 4.63. The topological polar surface area (TPSA) is 9.23 Å². The lowest BCUT2D eigenvalue weighted by atomic mass is 10.0. The first-order valence-corrected chi connectivity index (χ1v) is 6.30. The Labute approximate surface area is 100 Å². The molecule has 0 fully saturated rings. The van der Waals surface area contributed by atoms with Gasteiger partial charge in [0.1, 0.15) is 0 Å². The first kappa shape index (κ1) is 12.5. The summed E-state index contributed by atoms with van der Waals surface area (Å²) in [7, 11) is 0. The maximum atomic E-state index is 5.56. The van der Waals surface area contributed by atoms with Gasteiger partial charge >= 0.3 is 0 Å².